The van der Waals surface area contributed by atoms with Crippen LogP contribution >= 0.6 is 0 Å². The first kappa shape index (κ1) is 12.0. The Kier molecular flexibility index (Phi) is 4.55. The van der Waals surface area contributed by atoms with Crippen LogP contribution in [0.3, 0.4) is 0 Å². The van der Waals surface area contributed by atoms with Crippen LogP contribution in [0.15, 0.2) is 0 Å². The second-order valence-electron chi connectivity index (χ2n) is 3.77. The van der Waals surface area contributed by atoms with Crippen molar-refractivity contribution in [1.82, 2.24) is 5.32 Å². The molecular formula is C10H17NO4. The number of carboxylic acids is 1. The number of amides is 1. The average molecular weight is 215 g/mol. The number of hydrogen-bond donors (Lipinski definition) is 2. The van der Waals surface area contributed by atoms with Gasteiger partial charge in [0.25, 0.3) is 0 Å². The molecule has 0 radical (unpaired) electrons. The normalized spacial score (nSPS) is 17.1. The standard InChI is InChI=1S/C10H17NO4/c1-2-5-15-6-8(12)11-9(10(13)14)7-3-4-7/h7,9H,2-6H2,1H3,(H,11,12)(H,13,14). The van der Waals surface area contributed by atoms with Crippen LogP contribution in [0.2, 0.25) is 0 Å². The highest BCUT2D eigenvalue weighted by Gasteiger charge is 2.37. The predicted molar refractivity (Wildman–Crippen MR) is 53.4 cm³/mol. The van der Waals surface area contributed by atoms with E-state index in [0.29, 0.717) is 6.61 Å². The van der Waals surface area contributed by atoms with Crippen molar-refractivity contribution in [3.05, 3.63) is 0 Å². The van der Waals surface area contributed by atoms with Crippen LogP contribution in [0, 0.1) is 5.92 Å². The van der Waals surface area contributed by atoms with Gasteiger partial charge in [0.05, 0.1) is 0 Å². The van der Waals surface area contributed by atoms with Crippen molar-refractivity contribution in [2.24, 2.45) is 5.92 Å². The molecule has 2 N–H and O–H groups in total. The molecule has 1 saturated carbocycles. The number of aliphatic carboxylic acids is 1. The SMILES string of the molecule is CCCOCC(=O)NC(C(=O)O)C1CC1. The highest BCUT2D eigenvalue weighted by Crippen LogP contribution is 2.32. The molecule has 1 amide bonds. The Labute approximate surface area is 88.8 Å². The number of hydrogen-bond acceptors (Lipinski definition) is 3. The Hall–Kier alpha value is -1.10. The molecule has 1 rings (SSSR count). The lowest BCUT2D eigenvalue weighted by Gasteiger charge is -2.13. The molecule has 1 atom stereocenters. The van der Waals surface area contributed by atoms with Crippen molar-refractivity contribution < 1.29 is 19.4 Å². The molecule has 15 heavy (non-hydrogen) atoms. The van der Waals surface area contributed by atoms with Gasteiger partial charge in [-0.1, -0.05) is 6.92 Å². The third-order valence-electron chi connectivity index (χ3n) is 2.26. The zero-order valence-electron chi connectivity index (χ0n) is 8.86. The van der Waals surface area contributed by atoms with E-state index in [0.717, 1.165) is 19.3 Å². The van der Waals surface area contributed by atoms with Crippen molar-refractivity contribution in [3.8, 4) is 0 Å². The molecular weight excluding hydrogens is 198 g/mol. The van der Waals surface area contributed by atoms with Gasteiger partial charge in [0.1, 0.15) is 12.6 Å². The van der Waals surface area contributed by atoms with Crippen LogP contribution in [0.4, 0.5) is 0 Å². The minimum Gasteiger partial charge on any atom is -0.480 e. The number of carbonyl (C=O) groups excluding carboxylic acids is 1. The van der Waals surface area contributed by atoms with Gasteiger partial charge >= 0.3 is 5.97 Å². The Bertz CT molecular complexity index is 238. The third kappa shape index (κ3) is 4.29. The van der Waals surface area contributed by atoms with Gasteiger partial charge in [-0.2, -0.15) is 0 Å². The first-order chi connectivity index (χ1) is 7.15. The summed E-state index contributed by atoms with van der Waals surface area (Å²) in [6.45, 7) is 2.42. The topological polar surface area (TPSA) is 75.6 Å². The largest absolute Gasteiger partial charge is 0.480 e. The molecule has 0 aliphatic heterocycles. The minimum atomic E-state index is -0.957. The maximum absolute atomic E-state index is 11.3. The number of rotatable bonds is 7. The first-order valence-corrected chi connectivity index (χ1v) is 5.25. The van der Waals surface area contributed by atoms with Crippen molar-refractivity contribution >= 4 is 11.9 Å². The van der Waals surface area contributed by atoms with E-state index in [2.05, 4.69) is 5.32 Å². The van der Waals surface area contributed by atoms with Gasteiger partial charge in [0.2, 0.25) is 5.91 Å². The third-order valence-corrected chi connectivity index (χ3v) is 2.26. The summed E-state index contributed by atoms with van der Waals surface area (Å²) in [5.74, 6) is -1.19. The summed E-state index contributed by atoms with van der Waals surface area (Å²) in [5.41, 5.74) is 0. The van der Waals surface area contributed by atoms with Gasteiger partial charge in [0.15, 0.2) is 0 Å². The molecule has 0 aromatic heterocycles. The maximum Gasteiger partial charge on any atom is 0.326 e. The van der Waals surface area contributed by atoms with Crippen molar-refractivity contribution in [2.75, 3.05) is 13.2 Å². The number of nitrogens with one attached hydrogen (secondary N) is 1. The number of ether oxygens (including phenoxy) is 1. The molecule has 1 fully saturated rings. The molecule has 0 bridgehead atoms. The molecule has 0 saturated heterocycles. The second kappa shape index (κ2) is 5.70. The van der Waals surface area contributed by atoms with Crippen molar-refractivity contribution in [2.45, 2.75) is 32.2 Å². The smallest absolute Gasteiger partial charge is 0.326 e. The molecule has 0 spiro atoms. The predicted octanol–water partition coefficient (Wildman–Crippen LogP) is 0.392. The van der Waals surface area contributed by atoms with Crippen LogP contribution < -0.4 is 5.32 Å². The highest BCUT2D eigenvalue weighted by molar-refractivity contribution is 5.84. The van der Waals surface area contributed by atoms with E-state index in [1.165, 1.54) is 0 Å². The number of carboxylic acid groups (broad SMARTS) is 1. The van der Waals surface area contributed by atoms with Gasteiger partial charge < -0.3 is 15.2 Å². The monoisotopic (exact) mass is 215 g/mol. The lowest BCUT2D eigenvalue weighted by Crippen LogP contribution is -2.43. The molecule has 0 heterocycles. The zero-order valence-corrected chi connectivity index (χ0v) is 8.86. The molecule has 86 valence electrons. The van der Waals surface area contributed by atoms with Gasteiger partial charge in [-0.15, -0.1) is 0 Å². The lowest BCUT2D eigenvalue weighted by molar-refractivity contribution is -0.143. The Balaban J connectivity index is 2.24. The summed E-state index contributed by atoms with van der Waals surface area (Å²) in [5, 5.41) is 11.3. The first-order valence-electron chi connectivity index (χ1n) is 5.25. The lowest BCUT2D eigenvalue weighted by atomic mass is 10.2. The summed E-state index contributed by atoms with van der Waals surface area (Å²) in [6, 6.07) is -0.734. The van der Waals surface area contributed by atoms with Crippen LogP contribution in [0.25, 0.3) is 0 Å². The van der Waals surface area contributed by atoms with Crippen molar-refractivity contribution in [1.29, 1.82) is 0 Å². The fourth-order valence-electron chi connectivity index (χ4n) is 1.34. The van der Waals surface area contributed by atoms with Gasteiger partial charge in [-0.25, -0.2) is 4.79 Å². The zero-order chi connectivity index (χ0) is 11.3. The fraction of sp³-hybridized carbons (Fsp3) is 0.800. The second-order valence-corrected chi connectivity index (χ2v) is 3.77. The molecule has 1 aliphatic rings. The van der Waals surface area contributed by atoms with E-state index < -0.39 is 12.0 Å². The summed E-state index contributed by atoms with van der Waals surface area (Å²) >= 11 is 0. The highest BCUT2D eigenvalue weighted by atomic mass is 16.5. The van der Waals surface area contributed by atoms with E-state index in [4.69, 9.17) is 9.84 Å². The Morgan fingerprint density at radius 2 is 2.20 bits per heavy atom. The van der Waals surface area contributed by atoms with Crippen LogP contribution in [-0.4, -0.2) is 36.2 Å². The van der Waals surface area contributed by atoms with Gasteiger partial charge in [-0.05, 0) is 25.2 Å². The summed E-state index contributed by atoms with van der Waals surface area (Å²) in [7, 11) is 0. The van der Waals surface area contributed by atoms with Crippen molar-refractivity contribution in [3.63, 3.8) is 0 Å². The van der Waals surface area contributed by atoms with Gasteiger partial charge in [-0.3, -0.25) is 4.79 Å². The maximum atomic E-state index is 11.3. The fourth-order valence-corrected chi connectivity index (χ4v) is 1.34. The Morgan fingerprint density at radius 3 is 2.67 bits per heavy atom. The van der Waals surface area contributed by atoms with E-state index in [-0.39, 0.29) is 18.4 Å². The number of carbonyl (C=O) groups is 2. The summed E-state index contributed by atoms with van der Waals surface area (Å²) < 4.78 is 5.02. The molecule has 1 unspecified atom stereocenters. The average Bonchev–Trinajstić information content (AvgIpc) is 2.97. The van der Waals surface area contributed by atoms with Gasteiger partial charge in [0, 0.05) is 6.61 Å². The van der Waals surface area contributed by atoms with Crippen LogP contribution in [0.1, 0.15) is 26.2 Å². The van der Waals surface area contributed by atoms with E-state index in [9.17, 15) is 9.59 Å². The van der Waals surface area contributed by atoms with E-state index in [1.54, 1.807) is 0 Å². The summed E-state index contributed by atoms with van der Waals surface area (Å²) in [6.07, 6.45) is 2.61. The Morgan fingerprint density at radius 1 is 1.53 bits per heavy atom. The molecule has 5 heteroatoms. The van der Waals surface area contributed by atoms with E-state index >= 15 is 0 Å². The molecule has 1 aliphatic carbocycles. The molecule has 0 aromatic carbocycles. The quantitative estimate of drug-likeness (QED) is 0.602. The van der Waals surface area contributed by atoms with Crippen LogP contribution in [-0.2, 0) is 14.3 Å². The van der Waals surface area contributed by atoms with E-state index in [1.807, 2.05) is 6.92 Å². The van der Waals surface area contributed by atoms with Crippen LogP contribution in [0.5, 0.6) is 0 Å². The summed E-state index contributed by atoms with van der Waals surface area (Å²) in [4.78, 5) is 22.1. The minimum absolute atomic E-state index is 0.0513. The molecule has 5 nitrogen and oxygen atoms in total. The molecule has 0 aromatic rings.